The lowest BCUT2D eigenvalue weighted by molar-refractivity contribution is 0.371. The minimum Gasteiger partial charge on any atom is -0.371 e. The van der Waals surface area contributed by atoms with Crippen molar-refractivity contribution in [2.45, 2.75) is 26.3 Å². The van der Waals surface area contributed by atoms with E-state index in [1.54, 1.807) is 11.6 Å². The molecular formula is C22H24ClN5OS. The first-order valence-electron chi connectivity index (χ1n) is 9.95. The Morgan fingerprint density at radius 3 is 2.67 bits per heavy atom. The maximum atomic E-state index is 12.8. The second-order valence-corrected chi connectivity index (χ2v) is 9.57. The maximum absolute atomic E-state index is 12.8. The quantitative estimate of drug-likeness (QED) is 0.610. The molecule has 156 valence electrons. The Hall–Kier alpha value is -2.56. The summed E-state index contributed by atoms with van der Waals surface area (Å²) in [6, 6.07) is 10.4. The molecule has 6 nitrogen and oxygen atoms in total. The number of anilines is 2. The smallest absolute Gasteiger partial charge is 0.271 e. The molecule has 4 rings (SSSR count). The summed E-state index contributed by atoms with van der Waals surface area (Å²) in [5, 5.41) is 11.4. The van der Waals surface area contributed by atoms with E-state index >= 15 is 0 Å². The van der Waals surface area contributed by atoms with Crippen molar-refractivity contribution in [1.29, 1.82) is 5.26 Å². The molecule has 1 unspecified atom stereocenters. The number of pyridine rings is 1. The van der Waals surface area contributed by atoms with E-state index in [2.05, 4.69) is 34.8 Å². The lowest BCUT2D eigenvalue weighted by Gasteiger charge is -2.43. The van der Waals surface area contributed by atoms with E-state index in [-0.39, 0.29) is 11.1 Å². The molecule has 2 aromatic heterocycles. The zero-order chi connectivity index (χ0) is 21.6. The molecule has 0 N–H and O–H groups in total. The summed E-state index contributed by atoms with van der Waals surface area (Å²) in [4.78, 5) is 22.8. The summed E-state index contributed by atoms with van der Waals surface area (Å²) in [6.45, 7) is 5.68. The van der Waals surface area contributed by atoms with Crippen LogP contribution in [0.3, 0.4) is 0 Å². The zero-order valence-corrected chi connectivity index (χ0v) is 19.1. The monoisotopic (exact) mass is 441 g/mol. The Labute approximate surface area is 184 Å². The molecule has 1 fully saturated rings. The number of nitriles is 1. The molecule has 1 aliphatic heterocycles. The number of benzene rings is 1. The normalized spacial score (nSPS) is 19.1. The molecule has 3 aromatic rings. The first-order chi connectivity index (χ1) is 14.3. The molecule has 0 radical (unpaired) electrons. The Morgan fingerprint density at radius 2 is 2.03 bits per heavy atom. The summed E-state index contributed by atoms with van der Waals surface area (Å²) in [6.07, 6.45) is 0.922. The average molecular weight is 442 g/mol. The van der Waals surface area contributed by atoms with Crippen LogP contribution in [0.2, 0.25) is 5.02 Å². The Balaban J connectivity index is 1.68. The number of thiazole rings is 1. The topological polar surface area (TPSA) is 65.2 Å². The Kier molecular flexibility index (Phi) is 5.48. The minimum absolute atomic E-state index is 0.187. The number of fused-ring (bicyclic) bond motifs is 1. The summed E-state index contributed by atoms with van der Waals surface area (Å²) in [7, 11) is 3.82. The summed E-state index contributed by atoms with van der Waals surface area (Å²) in [5.41, 5.74) is 2.52. The molecular weight excluding hydrogens is 418 g/mol. The van der Waals surface area contributed by atoms with Gasteiger partial charge in [0.2, 0.25) is 0 Å². The van der Waals surface area contributed by atoms with Gasteiger partial charge in [0.15, 0.2) is 0 Å². The van der Waals surface area contributed by atoms with Gasteiger partial charge in [0.25, 0.3) is 5.56 Å². The van der Waals surface area contributed by atoms with Crippen LogP contribution in [0.1, 0.15) is 23.9 Å². The number of nitrogens with zero attached hydrogens (tertiary/aromatic N) is 5. The zero-order valence-electron chi connectivity index (χ0n) is 17.5. The van der Waals surface area contributed by atoms with Crippen molar-refractivity contribution < 1.29 is 0 Å². The molecule has 0 saturated carbocycles. The van der Waals surface area contributed by atoms with Gasteiger partial charge in [-0.1, -0.05) is 18.5 Å². The van der Waals surface area contributed by atoms with Crippen LogP contribution in [0.25, 0.3) is 10.3 Å². The van der Waals surface area contributed by atoms with Crippen molar-refractivity contribution in [3.63, 3.8) is 0 Å². The van der Waals surface area contributed by atoms with E-state index in [4.69, 9.17) is 11.6 Å². The third-order valence-electron chi connectivity index (χ3n) is 6.02. The van der Waals surface area contributed by atoms with Gasteiger partial charge in [-0.3, -0.25) is 4.79 Å². The largest absolute Gasteiger partial charge is 0.371 e. The molecule has 1 saturated heterocycles. The fourth-order valence-corrected chi connectivity index (χ4v) is 5.47. The highest BCUT2D eigenvalue weighted by Gasteiger charge is 2.32. The van der Waals surface area contributed by atoms with Crippen molar-refractivity contribution >= 4 is 44.7 Å². The molecule has 0 aliphatic carbocycles. The number of hydrogen-bond acceptors (Lipinski definition) is 6. The van der Waals surface area contributed by atoms with E-state index in [1.807, 2.05) is 31.2 Å². The second-order valence-electron chi connectivity index (χ2n) is 7.95. The molecule has 0 spiro atoms. The van der Waals surface area contributed by atoms with Crippen molar-refractivity contribution in [3.8, 4) is 6.07 Å². The van der Waals surface area contributed by atoms with E-state index in [1.165, 1.54) is 11.3 Å². The first-order valence-corrected chi connectivity index (χ1v) is 11.1. The van der Waals surface area contributed by atoms with Crippen LogP contribution < -0.4 is 15.4 Å². The molecule has 3 heterocycles. The number of hydrogen-bond donors (Lipinski definition) is 0. The number of aryl methyl sites for hydroxylation is 2. The van der Waals surface area contributed by atoms with Crippen LogP contribution in [0, 0.1) is 24.2 Å². The average Bonchev–Trinajstić information content (AvgIpc) is 3.12. The van der Waals surface area contributed by atoms with E-state index in [0.29, 0.717) is 17.6 Å². The highest BCUT2D eigenvalue weighted by atomic mass is 35.5. The van der Waals surface area contributed by atoms with Gasteiger partial charge in [-0.05, 0) is 43.5 Å². The SMILES string of the molecule is Cc1nc2c(N3CCC(N(C)c4ccc(Cl)cc4)[C@H](C)C3)c(C#N)c(=O)n(C)c2s1. The Morgan fingerprint density at radius 1 is 1.33 bits per heavy atom. The predicted octanol–water partition coefficient (Wildman–Crippen LogP) is 4.18. The molecule has 0 amide bonds. The van der Waals surface area contributed by atoms with Gasteiger partial charge in [-0.15, -0.1) is 11.3 Å². The van der Waals surface area contributed by atoms with Gasteiger partial charge < -0.3 is 14.4 Å². The molecule has 0 bridgehead atoms. The third kappa shape index (κ3) is 3.44. The molecule has 1 aliphatic rings. The van der Waals surface area contributed by atoms with Crippen LogP contribution in [-0.2, 0) is 7.05 Å². The van der Waals surface area contributed by atoms with Gasteiger partial charge in [-0.25, -0.2) is 4.98 Å². The van der Waals surface area contributed by atoms with Crippen molar-refractivity contribution in [1.82, 2.24) is 9.55 Å². The molecule has 1 aromatic carbocycles. The van der Waals surface area contributed by atoms with Crippen LogP contribution in [0.4, 0.5) is 11.4 Å². The van der Waals surface area contributed by atoms with E-state index < -0.39 is 0 Å². The highest BCUT2D eigenvalue weighted by molar-refractivity contribution is 7.18. The van der Waals surface area contributed by atoms with Crippen molar-refractivity contribution in [2.24, 2.45) is 13.0 Å². The number of halogens is 1. The molecule has 2 atom stereocenters. The maximum Gasteiger partial charge on any atom is 0.271 e. The minimum atomic E-state index is -0.253. The Bertz CT molecular complexity index is 1190. The van der Waals surface area contributed by atoms with Crippen LogP contribution in [0.5, 0.6) is 0 Å². The van der Waals surface area contributed by atoms with Gasteiger partial charge in [0.1, 0.15) is 22.0 Å². The molecule has 30 heavy (non-hydrogen) atoms. The van der Waals surface area contributed by atoms with Crippen LogP contribution in [0.15, 0.2) is 29.1 Å². The fraction of sp³-hybridized carbons (Fsp3) is 0.409. The summed E-state index contributed by atoms with van der Waals surface area (Å²) < 4.78 is 1.55. The van der Waals surface area contributed by atoms with Crippen molar-refractivity contribution in [3.05, 3.63) is 50.2 Å². The number of aromatic nitrogens is 2. The predicted molar refractivity (Wildman–Crippen MR) is 124 cm³/mol. The number of piperidine rings is 1. The number of rotatable bonds is 3. The second kappa shape index (κ2) is 7.93. The first kappa shape index (κ1) is 20.7. The van der Waals surface area contributed by atoms with E-state index in [0.717, 1.165) is 45.6 Å². The van der Waals surface area contributed by atoms with Crippen LogP contribution in [-0.4, -0.2) is 35.7 Å². The lowest BCUT2D eigenvalue weighted by Crippen LogP contribution is -2.49. The summed E-state index contributed by atoms with van der Waals surface area (Å²) in [5.74, 6) is 0.338. The van der Waals surface area contributed by atoms with Gasteiger partial charge in [-0.2, -0.15) is 5.26 Å². The van der Waals surface area contributed by atoms with Gasteiger partial charge >= 0.3 is 0 Å². The van der Waals surface area contributed by atoms with Gasteiger partial charge in [0, 0.05) is 43.9 Å². The van der Waals surface area contributed by atoms with Gasteiger partial charge in [0.05, 0.1) is 10.7 Å². The third-order valence-corrected chi connectivity index (χ3v) is 7.32. The van der Waals surface area contributed by atoms with Crippen LogP contribution >= 0.6 is 22.9 Å². The molecule has 8 heteroatoms. The highest BCUT2D eigenvalue weighted by Crippen LogP contribution is 2.35. The standard InChI is InChI=1S/C22H24ClN5OS/c1-13-12-28(10-9-18(13)26(3)16-7-5-15(23)6-8-16)20-17(11-24)21(29)27(4)22-19(20)25-14(2)30-22/h5-8,13,18H,9-10,12H2,1-4H3/t13-,18?/m1/s1. The summed E-state index contributed by atoms with van der Waals surface area (Å²) >= 11 is 7.53. The van der Waals surface area contributed by atoms with Crippen molar-refractivity contribution in [2.75, 3.05) is 29.9 Å². The lowest BCUT2D eigenvalue weighted by atomic mass is 9.91. The fourth-order valence-electron chi connectivity index (χ4n) is 4.47. The van der Waals surface area contributed by atoms with E-state index in [9.17, 15) is 10.1 Å².